The second-order valence-corrected chi connectivity index (χ2v) is 3.42. The second-order valence-electron chi connectivity index (χ2n) is 3.42. The molecule has 0 atom stereocenters. The van der Waals surface area contributed by atoms with E-state index in [2.05, 4.69) is 9.97 Å². The van der Waals surface area contributed by atoms with Crippen LogP contribution >= 0.6 is 0 Å². The summed E-state index contributed by atoms with van der Waals surface area (Å²) < 4.78 is 5.47. The van der Waals surface area contributed by atoms with Crippen LogP contribution in [0.25, 0.3) is 0 Å². The van der Waals surface area contributed by atoms with Crippen LogP contribution in [0.15, 0.2) is 12.4 Å². The Morgan fingerprint density at radius 3 is 2.54 bits per heavy atom. The van der Waals surface area contributed by atoms with Gasteiger partial charge in [-0.2, -0.15) is 0 Å². The summed E-state index contributed by atoms with van der Waals surface area (Å²) in [5, 5.41) is 0. The molecule has 13 heavy (non-hydrogen) atoms. The summed E-state index contributed by atoms with van der Waals surface area (Å²) in [7, 11) is 3.87. The average Bonchev–Trinajstić information content (AvgIpc) is 2.89. The molecule has 0 unspecified atom stereocenters. The number of aromatic nitrogens is 2. The first kappa shape index (κ1) is 8.29. The third-order valence-corrected chi connectivity index (χ3v) is 1.88. The molecule has 1 aliphatic rings. The Morgan fingerprint density at radius 2 is 2.08 bits per heavy atom. The quantitative estimate of drug-likeness (QED) is 0.696. The zero-order chi connectivity index (χ0) is 9.26. The first-order valence-electron chi connectivity index (χ1n) is 4.42. The summed E-state index contributed by atoms with van der Waals surface area (Å²) in [4.78, 5) is 10.3. The molecule has 0 radical (unpaired) electrons. The molecule has 1 fully saturated rings. The maximum atomic E-state index is 5.47. The standard InChI is InChI=1S/C9H13N3O/c1-12(2)8-5-11-9(6-10-8)13-7-3-4-7/h5-7H,3-4H2,1-2H3. The predicted octanol–water partition coefficient (Wildman–Crippen LogP) is 1.08. The first-order valence-corrected chi connectivity index (χ1v) is 4.42. The molecule has 0 bridgehead atoms. The van der Waals surface area contributed by atoms with E-state index in [1.807, 2.05) is 19.0 Å². The number of hydrogen-bond acceptors (Lipinski definition) is 4. The maximum absolute atomic E-state index is 5.47. The SMILES string of the molecule is CN(C)c1cnc(OC2CC2)cn1. The summed E-state index contributed by atoms with van der Waals surface area (Å²) in [6, 6.07) is 0. The van der Waals surface area contributed by atoms with Crippen molar-refractivity contribution in [1.29, 1.82) is 0 Å². The van der Waals surface area contributed by atoms with Crippen LogP contribution in [0.4, 0.5) is 5.82 Å². The molecule has 0 saturated heterocycles. The van der Waals surface area contributed by atoms with Crippen molar-refractivity contribution in [3.63, 3.8) is 0 Å². The lowest BCUT2D eigenvalue weighted by Crippen LogP contribution is -2.11. The molecule has 1 heterocycles. The highest BCUT2D eigenvalue weighted by Crippen LogP contribution is 2.25. The summed E-state index contributed by atoms with van der Waals surface area (Å²) in [6.07, 6.45) is 6.08. The van der Waals surface area contributed by atoms with Crippen molar-refractivity contribution in [3.05, 3.63) is 12.4 Å². The lowest BCUT2D eigenvalue weighted by molar-refractivity contribution is 0.290. The molecule has 1 aromatic heterocycles. The van der Waals surface area contributed by atoms with E-state index in [0.717, 1.165) is 18.7 Å². The fourth-order valence-corrected chi connectivity index (χ4v) is 0.958. The van der Waals surface area contributed by atoms with Crippen molar-refractivity contribution in [2.45, 2.75) is 18.9 Å². The molecule has 1 saturated carbocycles. The Kier molecular flexibility index (Phi) is 2.04. The van der Waals surface area contributed by atoms with Gasteiger partial charge in [0, 0.05) is 14.1 Å². The molecule has 0 aliphatic heterocycles. The zero-order valence-corrected chi connectivity index (χ0v) is 7.90. The third-order valence-electron chi connectivity index (χ3n) is 1.88. The van der Waals surface area contributed by atoms with Gasteiger partial charge in [0.1, 0.15) is 11.9 Å². The van der Waals surface area contributed by atoms with E-state index >= 15 is 0 Å². The summed E-state index contributed by atoms with van der Waals surface area (Å²) in [6.45, 7) is 0. The van der Waals surface area contributed by atoms with E-state index in [0.29, 0.717) is 12.0 Å². The number of hydrogen-bond donors (Lipinski definition) is 0. The van der Waals surface area contributed by atoms with Crippen LogP contribution in [0, 0.1) is 0 Å². The molecule has 4 nitrogen and oxygen atoms in total. The molecular formula is C9H13N3O. The van der Waals surface area contributed by atoms with Crippen molar-refractivity contribution in [3.8, 4) is 5.88 Å². The summed E-state index contributed by atoms with van der Waals surface area (Å²) >= 11 is 0. The number of rotatable bonds is 3. The van der Waals surface area contributed by atoms with Gasteiger partial charge in [-0.15, -0.1) is 0 Å². The highest BCUT2D eigenvalue weighted by Gasteiger charge is 2.24. The predicted molar refractivity (Wildman–Crippen MR) is 50.0 cm³/mol. The Morgan fingerprint density at radius 1 is 1.31 bits per heavy atom. The molecule has 1 aromatic rings. The first-order chi connectivity index (χ1) is 6.25. The van der Waals surface area contributed by atoms with Gasteiger partial charge in [0.15, 0.2) is 0 Å². The molecule has 0 aromatic carbocycles. The molecule has 0 amide bonds. The minimum atomic E-state index is 0.388. The monoisotopic (exact) mass is 179 g/mol. The lowest BCUT2D eigenvalue weighted by Gasteiger charge is -2.10. The Balaban J connectivity index is 2.04. The smallest absolute Gasteiger partial charge is 0.232 e. The Labute approximate surface area is 77.6 Å². The fraction of sp³-hybridized carbons (Fsp3) is 0.556. The Bertz CT molecular complexity index is 279. The van der Waals surface area contributed by atoms with E-state index in [4.69, 9.17) is 4.74 Å². The van der Waals surface area contributed by atoms with E-state index in [1.54, 1.807) is 12.4 Å². The van der Waals surface area contributed by atoms with E-state index in [1.165, 1.54) is 0 Å². The normalized spacial score (nSPS) is 15.5. The van der Waals surface area contributed by atoms with Crippen molar-refractivity contribution in [2.75, 3.05) is 19.0 Å². The molecule has 0 spiro atoms. The van der Waals surface area contributed by atoms with Gasteiger partial charge in [-0.05, 0) is 12.8 Å². The number of ether oxygens (including phenoxy) is 1. The molecule has 2 rings (SSSR count). The van der Waals surface area contributed by atoms with Gasteiger partial charge in [0.05, 0.1) is 12.4 Å². The van der Waals surface area contributed by atoms with Crippen LogP contribution in [0.2, 0.25) is 0 Å². The van der Waals surface area contributed by atoms with Crippen LogP contribution in [0.5, 0.6) is 5.88 Å². The number of anilines is 1. The fourth-order valence-electron chi connectivity index (χ4n) is 0.958. The van der Waals surface area contributed by atoms with Crippen molar-refractivity contribution < 1.29 is 4.74 Å². The van der Waals surface area contributed by atoms with Gasteiger partial charge < -0.3 is 9.64 Å². The lowest BCUT2D eigenvalue weighted by atomic mass is 10.6. The molecular weight excluding hydrogens is 166 g/mol. The average molecular weight is 179 g/mol. The van der Waals surface area contributed by atoms with Crippen LogP contribution in [0.3, 0.4) is 0 Å². The summed E-state index contributed by atoms with van der Waals surface area (Å²) in [5.74, 6) is 1.48. The number of nitrogens with zero attached hydrogens (tertiary/aromatic N) is 3. The molecule has 0 N–H and O–H groups in total. The summed E-state index contributed by atoms with van der Waals surface area (Å²) in [5.41, 5.74) is 0. The van der Waals surface area contributed by atoms with Gasteiger partial charge in [-0.3, -0.25) is 0 Å². The van der Waals surface area contributed by atoms with Crippen molar-refractivity contribution >= 4 is 5.82 Å². The van der Waals surface area contributed by atoms with Gasteiger partial charge >= 0.3 is 0 Å². The highest BCUT2D eigenvalue weighted by molar-refractivity contribution is 5.33. The largest absolute Gasteiger partial charge is 0.473 e. The van der Waals surface area contributed by atoms with Crippen LogP contribution in [0.1, 0.15) is 12.8 Å². The molecule has 4 heteroatoms. The van der Waals surface area contributed by atoms with Gasteiger partial charge in [-0.1, -0.05) is 0 Å². The van der Waals surface area contributed by atoms with Gasteiger partial charge in [0.25, 0.3) is 0 Å². The minimum absolute atomic E-state index is 0.388. The van der Waals surface area contributed by atoms with Crippen molar-refractivity contribution in [1.82, 2.24) is 9.97 Å². The highest BCUT2D eigenvalue weighted by atomic mass is 16.5. The van der Waals surface area contributed by atoms with Crippen LogP contribution < -0.4 is 9.64 Å². The zero-order valence-electron chi connectivity index (χ0n) is 7.90. The van der Waals surface area contributed by atoms with Crippen molar-refractivity contribution in [2.24, 2.45) is 0 Å². The van der Waals surface area contributed by atoms with Crippen LogP contribution in [-0.4, -0.2) is 30.2 Å². The third kappa shape index (κ3) is 2.08. The Hall–Kier alpha value is -1.32. The van der Waals surface area contributed by atoms with Gasteiger partial charge in [-0.25, -0.2) is 9.97 Å². The maximum Gasteiger partial charge on any atom is 0.232 e. The second kappa shape index (κ2) is 3.20. The van der Waals surface area contributed by atoms with Gasteiger partial charge in [0.2, 0.25) is 5.88 Å². The van der Waals surface area contributed by atoms with E-state index < -0.39 is 0 Å². The van der Waals surface area contributed by atoms with Crippen LogP contribution in [-0.2, 0) is 0 Å². The minimum Gasteiger partial charge on any atom is -0.473 e. The molecule has 70 valence electrons. The van der Waals surface area contributed by atoms with E-state index in [-0.39, 0.29) is 0 Å². The topological polar surface area (TPSA) is 38.2 Å². The van der Waals surface area contributed by atoms with E-state index in [9.17, 15) is 0 Å². The molecule has 1 aliphatic carbocycles.